The second-order valence-corrected chi connectivity index (χ2v) is 6.39. The largest absolute Gasteiger partial charge is 0.507 e. The van der Waals surface area contributed by atoms with Crippen LogP contribution in [0, 0.1) is 5.92 Å². The number of phenols is 1. The quantitative estimate of drug-likeness (QED) is 0.654. The Balaban J connectivity index is 1.76. The van der Waals surface area contributed by atoms with Crippen LogP contribution in [-0.2, 0) is 4.79 Å². The summed E-state index contributed by atoms with van der Waals surface area (Å²) >= 11 is 0. The maximum atomic E-state index is 12.5. The summed E-state index contributed by atoms with van der Waals surface area (Å²) in [4.78, 5) is 24.2. The van der Waals surface area contributed by atoms with Gasteiger partial charge >= 0.3 is 0 Å². The van der Waals surface area contributed by atoms with Crippen LogP contribution in [0.2, 0.25) is 0 Å². The van der Waals surface area contributed by atoms with E-state index in [1.165, 1.54) is 0 Å². The van der Waals surface area contributed by atoms with Gasteiger partial charge in [-0.15, -0.1) is 0 Å². The minimum Gasteiger partial charge on any atom is -0.507 e. The highest BCUT2D eigenvalue weighted by molar-refractivity contribution is 6.08. The Hall–Kier alpha value is -3.34. The summed E-state index contributed by atoms with van der Waals surface area (Å²) in [6, 6.07) is 17.6. The molecule has 0 saturated carbocycles. The third kappa shape index (κ3) is 3.83. The molecular formula is C21H20N2O3. The predicted octanol–water partition coefficient (Wildman–Crippen LogP) is 4.39. The van der Waals surface area contributed by atoms with E-state index in [9.17, 15) is 14.7 Å². The molecule has 0 radical (unpaired) electrons. The van der Waals surface area contributed by atoms with Gasteiger partial charge in [0.15, 0.2) is 0 Å². The molecule has 3 N–H and O–H groups in total. The smallest absolute Gasteiger partial charge is 0.259 e. The van der Waals surface area contributed by atoms with E-state index < -0.39 is 5.91 Å². The number of hydrogen-bond donors (Lipinski definition) is 3. The molecule has 0 saturated heterocycles. The van der Waals surface area contributed by atoms with Crippen LogP contribution in [0.15, 0.2) is 60.7 Å². The molecule has 0 aromatic heterocycles. The van der Waals surface area contributed by atoms with E-state index in [0.717, 1.165) is 10.8 Å². The first-order valence-corrected chi connectivity index (χ1v) is 8.38. The number of carbonyl (C=O) groups excluding carboxylic acids is 2. The Morgan fingerprint density at radius 1 is 0.846 bits per heavy atom. The number of rotatable bonds is 4. The normalized spacial score (nSPS) is 10.7. The number of benzene rings is 3. The number of nitrogens with one attached hydrogen (secondary N) is 2. The van der Waals surface area contributed by atoms with Gasteiger partial charge in [-0.1, -0.05) is 38.1 Å². The highest BCUT2D eigenvalue weighted by Gasteiger charge is 2.13. The van der Waals surface area contributed by atoms with Crippen molar-refractivity contribution in [2.24, 2.45) is 5.92 Å². The van der Waals surface area contributed by atoms with Crippen molar-refractivity contribution in [1.82, 2.24) is 0 Å². The van der Waals surface area contributed by atoms with E-state index in [-0.39, 0.29) is 23.1 Å². The average Bonchev–Trinajstić information content (AvgIpc) is 2.62. The molecule has 0 unspecified atom stereocenters. The first kappa shape index (κ1) is 17.5. The van der Waals surface area contributed by atoms with Gasteiger partial charge in [-0.25, -0.2) is 0 Å². The van der Waals surface area contributed by atoms with E-state index in [1.54, 1.807) is 36.4 Å². The van der Waals surface area contributed by atoms with Gasteiger partial charge in [0.05, 0.1) is 5.56 Å². The summed E-state index contributed by atoms with van der Waals surface area (Å²) in [6.45, 7) is 3.64. The second-order valence-electron chi connectivity index (χ2n) is 6.39. The summed E-state index contributed by atoms with van der Waals surface area (Å²) in [5.74, 6) is -0.637. The van der Waals surface area contributed by atoms with Crippen LogP contribution in [-0.4, -0.2) is 16.9 Å². The van der Waals surface area contributed by atoms with Gasteiger partial charge < -0.3 is 15.7 Å². The first-order valence-electron chi connectivity index (χ1n) is 8.38. The molecule has 0 aliphatic heterocycles. The molecule has 0 fully saturated rings. The predicted molar refractivity (Wildman–Crippen MR) is 103 cm³/mol. The van der Waals surface area contributed by atoms with Gasteiger partial charge in [0, 0.05) is 17.3 Å². The lowest BCUT2D eigenvalue weighted by molar-refractivity contribution is -0.118. The fourth-order valence-electron chi connectivity index (χ4n) is 2.53. The molecule has 0 heterocycles. The maximum absolute atomic E-state index is 12.5. The molecule has 132 valence electrons. The van der Waals surface area contributed by atoms with Crippen molar-refractivity contribution in [3.8, 4) is 5.75 Å². The lowest BCUT2D eigenvalue weighted by Crippen LogP contribution is -2.17. The zero-order chi connectivity index (χ0) is 18.7. The van der Waals surface area contributed by atoms with E-state index in [4.69, 9.17) is 0 Å². The third-order valence-corrected chi connectivity index (χ3v) is 4.04. The van der Waals surface area contributed by atoms with E-state index in [0.29, 0.717) is 11.4 Å². The molecule has 0 bridgehead atoms. The maximum Gasteiger partial charge on any atom is 0.259 e. The van der Waals surface area contributed by atoms with Crippen LogP contribution in [0.25, 0.3) is 10.8 Å². The lowest BCUT2D eigenvalue weighted by atomic mass is 10.1. The number of aromatic hydroxyl groups is 1. The summed E-state index contributed by atoms with van der Waals surface area (Å²) < 4.78 is 0. The van der Waals surface area contributed by atoms with Crippen molar-refractivity contribution in [3.05, 3.63) is 66.2 Å². The minimum absolute atomic E-state index is 0.0668. The van der Waals surface area contributed by atoms with Crippen LogP contribution < -0.4 is 10.6 Å². The number of phenolic OH excluding ortho intramolecular Hbond substituents is 1. The van der Waals surface area contributed by atoms with Crippen molar-refractivity contribution in [2.45, 2.75) is 13.8 Å². The third-order valence-electron chi connectivity index (χ3n) is 4.04. The SMILES string of the molecule is CC(C)C(=O)Nc1ccc(NC(=O)c2cc3ccccc3cc2O)cc1. The summed E-state index contributed by atoms with van der Waals surface area (Å²) in [5.41, 5.74) is 1.45. The van der Waals surface area contributed by atoms with E-state index in [2.05, 4.69) is 10.6 Å². The summed E-state index contributed by atoms with van der Waals surface area (Å²) in [7, 11) is 0. The molecule has 3 rings (SSSR count). The van der Waals surface area contributed by atoms with E-state index in [1.807, 2.05) is 38.1 Å². The molecule has 2 amide bonds. The Bertz CT molecular complexity index is 963. The molecule has 0 spiro atoms. The molecule has 0 aliphatic carbocycles. The second kappa shape index (κ2) is 7.27. The molecular weight excluding hydrogens is 328 g/mol. The van der Waals surface area contributed by atoms with Gasteiger partial charge in [0.25, 0.3) is 5.91 Å². The van der Waals surface area contributed by atoms with Gasteiger partial charge in [0.1, 0.15) is 5.75 Å². The molecule has 26 heavy (non-hydrogen) atoms. The lowest BCUT2D eigenvalue weighted by Gasteiger charge is -2.10. The Kier molecular flexibility index (Phi) is 4.89. The van der Waals surface area contributed by atoms with Crippen molar-refractivity contribution in [2.75, 3.05) is 10.6 Å². The van der Waals surface area contributed by atoms with Gasteiger partial charge in [-0.05, 0) is 47.2 Å². The van der Waals surface area contributed by atoms with Crippen LogP contribution in [0.3, 0.4) is 0 Å². The molecule has 5 nitrogen and oxygen atoms in total. The minimum atomic E-state index is -0.396. The molecule has 3 aromatic carbocycles. The first-order chi connectivity index (χ1) is 12.4. The van der Waals surface area contributed by atoms with E-state index >= 15 is 0 Å². The van der Waals surface area contributed by atoms with Gasteiger partial charge in [-0.2, -0.15) is 0 Å². The highest BCUT2D eigenvalue weighted by Crippen LogP contribution is 2.26. The number of amides is 2. The fraction of sp³-hybridized carbons (Fsp3) is 0.143. The fourth-order valence-corrected chi connectivity index (χ4v) is 2.53. The van der Waals surface area contributed by atoms with Crippen LogP contribution in [0.5, 0.6) is 5.75 Å². The van der Waals surface area contributed by atoms with Crippen LogP contribution in [0.1, 0.15) is 24.2 Å². The number of hydrogen-bond acceptors (Lipinski definition) is 3. The van der Waals surface area contributed by atoms with Crippen molar-refractivity contribution in [3.63, 3.8) is 0 Å². The van der Waals surface area contributed by atoms with Gasteiger partial charge in [0.2, 0.25) is 5.91 Å². The molecule has 3 aromatic rings. The highest BCUT2D eigenvalue weighted by atomic mass is 16.3. The van der Waals surface area contributed by atoms with Crippen molar-refractivity contribution >= 4 is 34.0 Å². The van der Waals surface area contributed by atoms with Crippen molar-refractivity contribution in [1.29, 1.82) is 0 Å². The van der Waals surface area contributed by atoms with Gasteiger partial charge in [-0.3, -0.25) is 9.59 Å². The standard InChI is InChI=1S/C21H20N2O3/c1-13(2)20(25)22-16-7-9-17(10-8-16)23-21(26)18-11-14-5-3-4-6-15(14)12-19(18)24/h3-13,24H,1-2H3,(H,22,25)(H,23,26). The van der Waals surface area contributed by atoms with Crippen molar-refractivity contribution < 1.29 is 14.7 Å². The number of anilines is 2. The number of carbonyl (C=O) groups is 2. The molecule has 0 aliphatic rings. The molecule has 5 heteroatoms. The zero-order valence-electron chi connectivity index (χ0n) is 14.6. The Morgan fingerprint density at radius 3 is 1.96 bits per heavy atom. The molecule has 0 atom stereocenters. The topological polar surface area (TPSA) is 78.4 Å². The zero-order valence-corrected chi connectivity index (χ0v) is 14.6. The Labute approximate surface area is 151 Å². The van der Waals surface area contributed by atoms with Crippen LogP contribution >= 0.6 is 0 Å². The summed E-state index contributed by atoms with van der Waals surface area (Å²) in [6.07, 6.45) is 0. The monoisotopic (exact) mass is 348 g/mol. The summed E-state index contributed by atoms with van der Waals surface area (Å²) in [5, 5.41) is 17.4. The average molecular weight is 348 g/mol. The van der Waals surface area contributed by atoms with Crippen LogP contribution in [0.4, 0.5) is 11.4 Å². The number of fused-ring (bicyclic) bond motifs is 1. The Morgan fingerprint density at radius 2 is 1.38 bits per heavy atom.